The number of rotatable bonds is 5. The van der Waals surface area contributed by atoms with E-state index >= 15 is 0 Å². The number of nitrogens with one attached hydrogen (secondary N) is 1. The maximum absolute atomic E-state index is 12.2. The van der Waals surface area contributed by atoms with Crippen molar-refractivity contribution in [1.82, 2.24) is 10.2 Å². The van der Waals surface area contributed by atoms with Gasteiger partial charge < -0.3 is 5.32 Å². The van der Waals surface area contributed by atoms with E-state index in [2.05, 4.69) is 21.6 Å². The Morgan fingerprint density at radius 1 is 1.29 bits per heavy atom. The molecule has 21 heavy (non-hydrogen) atoms. The highest BCUT2D eigenvalue weighted by molar-refractivity contribution is 8.03. The quantitative estimate of drug-likeness (QED) is 0.835. The van der Waals surface area contributed by atoms with Crippen LogP contribution in [0.4, 0.5) is 5.69 Å². The lowest BCUT2D eigenvalue weighted by molar-refractivity contribution is -0.115. The smallest absolute Gasteiger partial charge is 0.237 e. The van der Waals surface area contributed by atoms with Crippen LogP contribution < -0.4 is 5.32 Å². The maximum atomic E-state index is 12.2. The summed E-state index contributed by atoms with van der Waals surface area (Å²) in [6.07, 6.45) is 1.96. The molecule has 0 fully saturated rings. The Bertz CT molecular complexity index is 642. The van der Waals surface area contributed by atoms with Crippen molar-refractivity contribution in [3.63, 3.8) is 0 Å². The number of benzene rings is 1. The molecule has 0 aliphatic rings. The molecule has 0 radical (unpaired) electrons. The van der Waals surface area contributed by atoms with E-state index in [-0.39, 0.29) is 11.2 Å². The fourth-order valence-corrected chi connectivity index (χ4v) is 4.30. The summed E-state index contributed by atoms with van der Waals surface area (Å²) in [7, 11) is 0. The zero-order valence-corrected chi connectivity index (χ0v) is 14.8. The van der Waals surface area contributed by atoms with Crippen molar-refractivity contribution in [3.8, 4) is 0 Å². The van der Waals surface area contributed by atoms with Crippen molar-refractivity contribution in [1.29, 1.82) is 0 Å². The van der Waals surface area contributed by atoms with Gasteiger partial charge in [-0.25, -0.2) is 0 Å². The summed E-state index contributed by atoms with van der Waals surface area (Å²) in [5.74, 6) is -0.0205. The van der Waals surface area contributed by atoms with E-state index in [1.807, 2.05) is 39.2 Å². The third kappa shape index (κ3) is 4.46. The minimum Gasteiger partial charge on any atom is -0.325 e. The minimum atomic E-state index is -0.214. The number of carbonyl (C=O) groups is 1. The molecule has 1 atom stereocenters. The van der Waals surface area contributed by atoms with Crippen LogP contribution >= 0.6 is 34.9 Å². The fourth-order valence-electron chi connectivity index (χ4n) is 1.72. The molecule has 0 bridgehead atoms. The Morgan fingerprint density at radius 3 is 2.62 bits per heavy atom. The van der Waals surface area contributed by atoms with Gasteiger partial charge in [-0.15, -0.1) is 10.2 Å². The maximum Gasteiger partial charge on any atom is 0.237 e. The second kappa shape index (κ2) is 7.29. The number of hydrogen-bond acceptors (Lipinski definition) is 6. The molecule has 1 N–H and O–H groups in total. The number of anilines is 1. The van der Waals surface area contributed by atoms with Crippen LogP contribution in [0.25, 0.3) is 0 Å². The summed E-state index contributed by atoms with van der Waals surface area (Å²) in [4.78, 5) is 12.2. The van der Waals surface area contributed by atoms with Crippen LogP contribution in [0.2, 0.25) is 0 Å². The van der Waals surface area contributed by atoms with Gasteiger partial charge in [0, 0.05) is 5.69 Å². The van der Waals surface area contributed by atoms with E-state index in [0.717, 1.165) is 19.9 Å². The largest absolute Gasteiger partial charge is 0.325 e. The summed E-state index contributed by atoms with van der Waals surface area (Å²) in [5.41, 5.74) is 3.12. The van der Waals surface area contributed by atoms with Crippen LogP contribution in [-0.4, -0.2) is 27.6 Å². The molecule has 4 nitrogen and oxygen atoms in total. The lowest BCUT2D eigenvalue weighted by atomic mass is 10.1. The van der Waals surface area contributed by atoms with Crippen LogP contribution in [0.5, 0.6) is 0 Å². The van der Waals surface area contributed by atoms with Crippen molar-refractivity contribution >= 4 is 46.5 Å². The predicted molar refractivity (Wildman–Crippen MR) is 91.6 cm³/mol. The van der Waals surface area contributed by atoms with E-state index in [9.17, 15) is 4.79 Å². The van der Waals surface area contributed by atoms with Gasteiger partial charge in [-0.3, -0.25) is 4.79 Å². The van der Waals surface area contributed by atoms with Gasteiger partial charge in [0.05, 0.1) is 5.25 Å². The molecule has 0 aliphatic heterocycles. The third-order valence-corrected chi connectivity index (χ3v) is 5.93. The van der Waals surface area contributed by atoms with Gasteiger partial charge in [-0.2, -0.15) is 0 Å². The number of aryl methyl sites for hydroxylation is 2. The monoisotopic (exact) mass is 339 g/mol. The van der Waals surface area contributed by atoms with Crippen LogP contribution in [0.3, 0.4) is 0 Å². The summed E-state index contributed by atoms with van der Waals surface area (Å²) in [6, 6.07) is 6.00. The van der Waals surface area contributed by atoms with Gasteiger partial charge in [0.1, 0.15) is 0 Å². The zero-order chi connectivity index (χ0) is 15.4. The Morgan fingerprint density at radius 2 is 2.00 bits per heavy atom. The molecule has 0 saturated carbocycles. The molecule has 0 aliphatic carbocycles. The van der Waals surface area contributed by atoms with Crippen LogP contribution in [0.1, 0.15) is 18.1 Å². The SMILES string of the molecule is CSc1nnc(S[C@H](C)C(=O)Nc2ccc(C)cc2C)s1. The summed E-state index contributed by atoms with van der Waals surface area (Å²) in [6.45, 7) is 5.91. The third-order valence-electron chi connectivity index (χ3n) is 2.85. The Balaban J connectivity index is 1.99. The van der Waals surface area contributed by atoms with Crippen molar-refractivity contribution < 1.29 is 4.79 Å². The van der Waals surface area contributed by atoms with Crippen LogP contribution in [0.15, 0.2) is 26.9 Å². The first-order chi connectivity index (χ1) is 9.99. The highest BCUT2D eigenvalue weighted by atomic mass is 32.2. The molecular weight excluding hydrogens is 322 g/mol. The van der Waals surface area contributed by atoms with Gasteiger partial charge in [0.25, 0.3) is 0 Å². The van der Waals surface area contributed by atoms with E-state index in [1.54, 1.807) is 11.8 Å². The van der Waals surface area contributed by atoms with Gasteiger partial charge in [0.2, 0.25) is 5.91 Å². The predicted octanol–water partition coefficient (Wildman–Crippen LogP) is 4.00. The molecule has 7 heteroatoms. The van der Waals surface area contributed by atoms with Gasteiger partial charge in [-0.1, -0.05) is 52.6 Å². The molecule has 0 spiro atoms. The number of carbonyl (C=O) groups excluding carboxylic acids is 1. The first-order valence-electron chi connectivity index (χ1n) is 6.42. The zero-order valence-electron chi connectivity index (χ0n) is 12.3. The van der Waals surface area contributed by atoms with Crippen molar-refractivity contribution in [3.05, 3.63) is 29.3 Å². The van der Waals surface area contributed by atoms with Gasteiger partial charge >= 0.3 is 0 Å². The fraction of sp³-hybridized carbons (Fsp3) is 0.357. The van der Waals surface area contributed by atoms with Crippen molar-refractivity contribution in [2.45, 2.75) is 34.7 Å². The summed E-state index contributed by atoms with van der Waals surface area (Å²) in [5, 5.41) is 10.9. The number of aromatic nitrogens is 2. The average Bonchev–Trinajstić information content (AvgIpc) is 2.89. The van der Waals surface area contributed by atoms with Gasteiger partial charge in [-0.05, 0) is 38.7 Å². The molecule has 1 amide bonds. The minimum absolute atomic E-state index is 0.0205. The van der Waals surface area contributed by atoms with E-state index in [0.29, 0.717) is 0 Å². The van der Waals surface area contributed by atoms with E-state index in [4.69, 9.17) is 0 Å². The summed E-state index contributed by atoms with van der Waals surface area (Å²) >= 11 is 4.51. The summed E-state index contributed by atoms with van der Waals surface area (Å²) < 4.78 is 1.74. The van der Waals surface area contributed by atoms with Crippen molar-refractivity contribution in [2.75, 3.05) is 11.6 Å². The molecule has 1 aromatic heterocycles. The second-order valence-corrected chi connectivity index (χ2v) is 8.22. The molecule has 2 aromatic rings. The number of nitrogens with zero attached hydrogens (tertiary/aromatic N) is 2. The molecule has 0 unspecified atom stereocenters. The topological polar surface area (TPSA) is 54.9 Å². The van der Waals surface area contributed by atoms with E-state index in [1.165, 1.54) is 28.7 Å². The van der Waals surface area contributed by atoms with Crippen LogP contribution in [-0.2, 0) is 4.79 Å². The first kappa shape index (κ1) is 16.3. The first-order valence-corrected chi connectivity index (χ1v) is 9.34. The molecule has 2 rings (SSSR count). The standard InChI is InChI=1S/C14H17N3OS3/c1-8-5-6-11(9(2)7-8)15-12(18)10(3)20-14-17-16-13(19-4)21-14/h5-7,10H,1-4H3,(H,15,18)/t10-/m1/s1. The normalized spacial score (nSPS) is 12.2. The molecule has 1 aromatic carbocycles. The Kier molecular flexibility index (Phi) is 5.66. The molecule has 0 saturated heterocycles. The highest BCUT2D eigenvalue weighted by Gasteiger charge is 2.17. The molecular formula is C14H17N3OS3. The molecule has 1 heterocycles. The number of amides is 1. The Hall–Kier alpha value is -1.05. The van der Waals surface area contributed by atoms with Crippen LogP contribution in [0, 0.1) is 13.8 Å². The lowest BCUT2D eigenvalue weighted by Crippen LogP contribution is -2.22. The lowest BCUT2D eigenvalue weighted by Gasteiger charge is -2.12. The second-order valence-electron chi connectivity index (χ2n) is 4.61. The van der Waals surface area contributed by atoms with Gasteiger partial charge in [0.15, 0.2) is 8.68 Å². The van der Waals surface area contributed by atoms with Crippen molar-refractivity contribution in [2.24, 2.45) is 0 Å². The highest BCUT2D eigenvalue weighted by Crippen LogP contribution is 2.30. The average molecular weight is 340 g/mol. The Labute approximate surface area is 137 Å². The number of thioether (sulfide) groups is 2. The molecule has 112 valence electrons. The van der Waals surface area contributed by atoms with E-state index < -0.39 is 0 Å². The number of hydrogen-bond donors (Lipinski definition) is 1.